The summed E-state index contributed by atoms with van der Waals surface area (Å²) in [6.07, 6.45) is 1.69. The van der Waals surface area contributed by atoms with Crippen molar-refractivity contribution >= 4 is 0 Å². The molecular weight excluding hydrogens is 218 g/mol. The third kappa shape index (κ3) is 2.74. The molecule has 0 saturated heterocycles. The maximum atomic E-state index is 8.62. The van der Waals surface area contributed by atoms with E-state index in [4.69, 9.17) is 14.1 Å². The molecular formula is C12H13N3O2. The van der Waals surface area contributed by atoms with Gasteiger partial charge < -0.3 is 8.83 Å². The maximum absolute atomic E-state index is 8.62. The van der Waals surface area contributed by atoms with Gasteiger partial charge >= 0.3 is 0 Å². The summed E-state index contributed by atoms with van der Waals surface area (Å²) in [6.45, 7) is 4.35. The van der Waals surface area contributed by atoms with Crippen LogP contribution in [0, 0.1) is 18.3 Å². The van der Waals surface area contributed by atoms with Crippen LogP contribution in [0.15, 0.2) is 27.2 Å². The number of oxazole rings is 1. The first-order valence-corrected chi connectivity index (χ1v) is 5.33. The minimum atomic E-state index is -0.000615. The molecule has 2 rings (SSSR count). The third-order valence-electron chi connectivity index (χ3n) is 2.36. The standard InChI is InChI=1S/C12H13N3O2/c1-8-6-15-12(16-8)9(2)14-7-11-4-3-10(5-13)17-11/h3-4,6,9,14H,7H2,1-2H3. The Hall–Kier alpha value is -2.06. The average molecular weight is 231 g/mol. The van der Waals surface area contributed by atoms with Gasteiger partial charge in [-0.1, -0.05) is 0 Å². The third-order valence-corrected chi connectivity index (χ3v) is 2.36. The molecule has 0 aliphatic rings. The molecule has 0 spiro atoms. The summed E-state index contributed by atoms with van der Waals surface area (Å²) >= 11 is 0. The molecule has 0 fully saturated rings. The number of nitrogens with zero attached hydrogens (tertiary/aromatic N) is 2. The summed E-state index contributed by atoms with van der Waals surface area (Å²) in [4.78, 5) is 4.14. The highest BCUT2D eigenvalue weighted by Crippen LogP contribution is 2.13. The predicted octanol–water partition coefficient (Wildman–Crippen LogP) is 2.30. The van der Waals surface area contributed by atoms with Gasteiger partial charge in [0.1, 0.15) is 17.6 Å². The van der Waals surface area contributed by atoms with E-state index in [9.17, 15) is 0 Å². The molecule has 1 unspecified atom stereocenters. The molecule has 0 aromatic carbocycles. The number of nitrogens with one attached hydrogen (secondary N) is 1. The summed E-state index contributed by atoms with van der Waals surface area (Å²) in [5, 5.41) is 11.8. The van der Waals surface area contributed by atoms with E-state index in [2.05, 4.69) is 10.3 Å². The Bertz CT molecular complexity index is 536. The lowest BCUT2D eigenvalue weighted by atomic mass is 10.3. The minimum absolute atomic E-state index is 0.000615. The number of furan rings is 1. The van der Waals surface area contributed by atoms with Crippen LogP contribution in [0.25, 0.3) is 0 Å². The van der Waals surface area contributed by atoms with Crippen molar-refractivity contribution in [3.8, 4) is 6.07 Å². The van der Waals surface area contributed by atoms with Crippen LogP contribution in [0.2, 0.25) is 0 Å². The second-order valence-corrected chi connectivity index (χ2v) is 3.79. The van der Waals surface area contributed by atoms with Crippen molar-refractivity contribution in [1.29, 1.82) is 5.26 Å². The van der Waals surface area contributed by atoms with E-state index in [1.54, 1.807) is 18.3 Å². The molecule has 0 bridgehead atoms. The first-order chi connectivity index (χ1) is 8.19. The summed E-state index contributed by atoms with van der Waals surface area (Å²) in [5.41, 5.74) is 0. The number of hydrogen-bond donors (Lipinski definition) is 1. The van der Waals surface area contributed by atoms with Gasteiger partial charge in [-0.05, 0) is 26.0 Å². The summed E-state index contributed by atoms with van der Waals surface area (Å²) in [6, 6.07) is 5.37. The van der Waals surface area contributed by atoms with Gasteiger partial charge in [0.15, 0.2) is 0 Å². The zero-order chi connectivity index (χ0) is 12.3. The van der Waals surface area contributed by atoms with E-state index in [0.717, 1.165) is 11.5 Å². The van der Waals surface area contributed by atoms with Gasteiger partial charge in [0.25, 0.3) is 0 Å². The highest BCUT2D eigenvalue weighted by molar-refractivity contribution is 5.19. The predicted molar refractivity (Wildman–Crippen MR) is 59.9 cm³/mol. The van der Waals surface area contributed by atoms with Gasteiger partial charge in [0.2, 0.25) is 11.7 Å². The highest BCUT2D eigenvalue weighted by atomic mass is 16.4. The van der Waals surface area contributed by atoms with Crippen molar-refractivity contribution in [2.24, 2.45) is 0 Å². The summed E-state index contributed by atoms with van der Waals surface area (Å²) < 4.78 is 10.7. The largest absolute Gasteiger partial charge is 0.449 e. The molecule has 2 heterocycles. The van der Waals surface area contributed by atoms with E-state index in [1.807, 2.05) is 19.9 Å². The lowest BCUT2D eigenvalue weighted by Crippen LogP contribution is -2.17. The Labute approximate surface area is 99.1 Å². The molecule has 1 atom stereocenters. The Balaban J connectivity index is 1.92. The highest BCUT2D eigenvalue weighted by Gasteiger charge is 2.11. The van der Waals surface area contributed by atoms with Gasteiger partial charge in [0, 0.05) is 0 Å². The lowest BCUT2D eigenvalue weighted by Gasteiger charge is -2.08. The molecule has 1 N–H and O–H groups in total. The first kappa shape index (κ1) is 11.4. The number of rotatable bonds is 4. The van der Waals surface area contributed by atoms with E-state index in [1.165, 1.54) is 0 Å². The molecule has 0 radical (unpaired) electrons. The fourth-order valence-electron chi connectivity index (χ4n) is 1.45. The Morgan fingerprint density at radius 2 is 2.29 bits per heavy atom. The van der Waals surface area contributed by atoms with Crippen LogP contribution in [0.3, 0.4) is 0 Å². The van der Waals surface area contributed by atoms with Gasteiger partial charge in [-0.3, -0.25) is 5.32 Å². The number of nitriles is 1. The fraction of sp³-hybridized carbons (Fsp3) is 0.333. The van der Waals surface area contributed by atoms with Crippen molar-refractivity contribution in [3.05, 3.63) is 41.5 Å². The number of aryl methyl sites for hydroxylation is 1. The zero-order valence-electron chi connectivity index (χ0n) is 9.73. The van der Waals surface area contributed by atoms with Crippen LogP contribution < -0.4 is 5.32 Å². The second-order valence-electron chi connectivity index (χ2n) is 3.79. The van der Waals surface area contributed by atoms with Crippen LogP contribution >= 0.6 is 0 Å². The Morgan fingerprint density at radius 3 is 2.88 bits per heavy atom. The van der Waals surface area contributed by atoms with Crippen molar-refractivity contribution in [1.82, 2.24) is 10.3 Å². The summed E-state index contributed by atoms with van der Waals surface area (Å²) in [7, 11) is 0. The molecule has 2 aromatic heterocycles. The number of aromatic nitrogens is 1. The van der Waals surface area contributed by atoms with Crippen LogP contribution in [-0.2, 0) is 6.54 Å². The molecule has 0 saturated carbocycles. The number of hydrogen-bond acceptors (Lipinski definition) is 5. The van der Waals surface area contributed by atoms with E-state index < -0.39 is 0 Å². The van der Waals surface area contributed by atoms with Crippen LogP contribution in [0.5, 0.6) is 0 Å². The van der Waals surface area contributed by atoms with Crippen LogP contribution in [-0.4, -0.2) is 4.98 Å². The average Bonchev–Trinajstić information content (AvgIpc) is 2.94. The van der Waals surface area contributed by atoms with Crippen molar-refractivity contribution in [2.45, 2.75) is 26.4 Å². The Morgan fingerprint density at radius 1 is 1.47 bits per heavy atom. The quantitative estimate of drug-likeness (QED) is 0.873. The normalized spacial score (nSPS) is 12.3. The fourth-order valence-corrected chi connectivity index (χ4v) is 1.45. The second kappa shape index (κ2) is 4.85. The van der Waals surface area contributed by atoms with Gasteiger partial charge in [-0.15, -0.1) is 0 Å². The van der Waals surface area contributed by atoms with Crippen molar-refractivity contribution < 1.29 is 8.83 Å². The van der Waals surface area contributed by atoms with Crippen molar-refractivity contribution in [2.75, 3.05) is 0 Å². The molecule has 5 heteroatoms. The summed E-state index contributed by atoms with van der Waals surface area (Å²) in [5.74, 6) is 2.48. The smallest absolute Gasteiger partial charge is 0.211 e. The molecule has 17 heavy (non-hydrogen) atoms. The zero-order valence-corrected chi connectivity index (χ0v) is 9.73. The molecule has 0 aliphatic heterocycles. The minimum Gasteiger partial charge on any atom is -0.449 e. The lowest BCUT2D eigenvalue weighted by molar-refractivity contribution is 0.385. The van der Waals surface area contributed by atoms with E-state index >= 15 is 0 Å². The van der Waals surface area contributed by atoms with Crippen molar-refractivity contribution in [3.63, 3.8) is 0 Å². The van der Waals surface area contributed by atoms with E-state index in [0.29, 0.717) is 18.2 Å². The van der Waals surface area contributed by atoms with Gasteiger partial charge in [-0.25, -0.2) is 4.98 Å². The molecule has 88 valence electrons. The first-order valence-electron chi connectivity index (χ1n) is 5.33. The van der Waals surface area contributed by atoms with Crippen LogP contribution in [0.4, 0.5) is 0 Å². The molecule has 5 nitrogen and oxygen atoms in total. The SMILES string of the molecule is Cc1cnc(C(C)NCc2ccc(C#N)o2)o1. The Kier molecular flexibility index (Phi) is 3.26. The molecule has 2 aromatic rings. The maximum Gasteiger partial charge on any atom is 0.211 e. The topological polar surface area (TPSA) is 75.0 Å². The van der Waals surface area contributed by atoms with Crippen LogP contribution in [0.1, 0.15) is 36.1 Å². The van der Waals surface area contributed by atoms with Gasteiger partial charge in [-0.2, -0.15) is 5.26 Å². The molecule has 0 aliphatic carbocycles. The monoisotopic (exact) mass is 231 g/mol. The molecule has 0 amide bonds. The van der Waals surface area contributed by atoms with Gasteiger partial charge in [0.05, 0.1) is 18.8 Å². The van der Waals surface area contributed by atoms with E-state index in [-0.39, 0.29) is 6.04 Å².